The average molecular weight is 397 g/mol. The second-order valence-electron chi connectivity index (χ2n) is 9.74. The van der Waals surface area contributed by atoms with Gasteiger partial charge in [-0.05, 0) is 87.5 Å². The molecule has 1 aliphatic heterocycles. The maximum Gasteiger partial charge on any atom is 0.338 e. The van der Waals surface area contributed by atoms with Gasteiger partial charge in [-0.3, -0.25) is 4.79 Å². The van der Waals surface area contributed by atoms with E-state index in [1.54, 1.807) is 0 Å². The Bertz CT molecular complexity index is 745. The molecule has 1 amide bonds. The highest BCUT2D eigenvalue weighted by atomic mass is 16.5. The van der Waals surface area contributed by atoms with Gasteiger partial charge in [-0.2, -0.15) is 0 Å². The third-order valence-corrected chi connectivity index (χ3v) is 7.80. The van der Waals surface area contributed by atoms with E-state index in [1.165, 1.54) is 19.3 Å². The fourth-order valence-electron chi connectivity index (χ4n) is 6.90. The van der Waals surface area contributed by atoms with Gasteiger partial charge in [-0.25, -0.2) is 4.79 Å². The number of anilines is 1. The molecular weight excluding hydrogens is 364 g/mol. The number of carbonyl (C=O) groups excluding carboxylic acids is 2. The molecule has 29 heavy (non-hydrogen) atoms. The van der Waals surface area contributed by atoms with Crippen molar-refractivity contribution in [3.05, 3.63) is 29.8 Å². The van der Waals surface area contributed by atoms with Crippen molar-refractivity contribution in [3.8, 4) is 0 Å². The highest BCUT2D eigenvalue weighted by Gasteiger charge is 2.55. The van der Waals surface area contributed by atoms with Crippen LogP contribution in [0.4, 0.5) is 5.69 Å². The summed E-state index contributed by atoms with van der Waals surface area (Å²) in [5.74, 6) is 2.61. The van der Waals surface area contributed by atoms with Gasteiger partial charge in [0, 0.05) is 31.9 Å². The van der Waals surface area contributed by atoms with Crippen LogP contribution in [-0.2, 0) is 9.53 Å². The van der Waals surface area contributed by atoms with E-state index in [1.807, 2.05) is 31.2 Å². The van der Waals surface area contributed by atoms with Gasteiger partial charge in [0.25, 0.3) is 0 Å². The van der Waals surface area contributed by atoms with Crippen LogP contribution in [0.25, 0.3) is 0 Å². The summed E-state index contributed by atoms with van der Waals surface area (Å²) < 4.78 is 5.06. The number of nitrogens with zero attached hydrogens (tertiary/aromatic N) is 2. The first-order chi connectivity index (χ1) is 14.1. The lowest BCUT2D eigenvalue weighted by molar-refractivity contribution is -0.158. The molecule has 4 bridgehead atoms. The molecule has 4 aliphatic carbocycles. The smallest absolute Gasteiger partial charge is 0.338 e. The van der Waals surface area contributed by atoms with Crippen molar-refractivity contribution in [1.29, 1.82) is 0 Å². The van der Waals surface area contributed by atoms with Crippen molar-refractivity contribution < 1.29 is 14.3 Å². The van der Waals surface area contributed by atoms with Gasteiger partial charge >= 0.3 is 5.97 Å². The molecule has 0 unspecified atom stereocenters. The minimum Gasteiger partial charge on any atom is -0.462 e. The van der Waals surface area contributed by atoms with Crippen LogP contribution in [0.3, 0.4) is 0 Å². The van der Waals surface area contributed by atoms with E-state index >= 15 is 0 Å². The van der Waals surface area contributed by atoms with Gasteiger partial charge in [0.2, 0.25) is 5.91 Å². The number of ether oxygens (including phenoxy) is 1. The highest BCUT2D eigenvalue weighted by molar-refractivity contribution is 5.89. The lowest BCUT2D eigenvalue weighted by Gasteiger charge is -2.57. The number of benzene rings is 1. The van der Waals surface area contributed by atoms with E-state index in [4.69, 9.17) is 4.74 Å². The monoisotopic (exact) mass is 396 g/mol. The van der Waals surface area contributed by atoms with E-state index in [9.17, 15) is 9.59 Å². The molecule has 0 N–H and O–H groups in total. The van der Waals surface area contributed by atoms with Crippen molar-refractivity contribution in [2.75, 3.05) is 37.7 Å². The standard InChI is InChI=1S/C24H32N2O3/c1-2-29-22(27)20-3-5-21(6-4-20)25-7-9-26(10-8-25)23(28)24-14-17-11-18(15-24)13-19(12-17)16-24/h3-6,17-19H,2,7-16H2,1H3. The largest absolute Gasteiger partial charge is 0.462 e. The molecular formula is C24H32N2O3. The van der Waals surface area contributed by atoms with Crippen molar-refractivity contribution in [2.45, 2.75) is 45.4 Å². The zero-order chi connectivity index (χ0) is 20.0. The minimum absolute atomic E-state index is 0.0296. The second-order valence-corrected chi connectivity index (χ2v) is 9.74. The maximum absolute atomic E-state index is 13.5. The van der Waals surface area contributed by atoms with Crippen LogP contribution in [0, 0.1) is 23.2 Å². The van der Waals surface area contributed by atoms with Crippen LogP contribution in [0.15, 0.2) is 24.3 Å². The first-order valence-electron chi connectivity index (χ1n) is 11.4. The quantitative estimate of drug-likeness (QED) is 0.728. The molecule has 1 heterocycles. The van der Waals surface area contributed by atoms with Crippen LogP contribution >= 0.6 is 0 Å². The Morgan fingerprint density at radius 1 is 0.931 bits per heavy atom. The number of carbonyl (C=O) groups is 2. The molecule has 156 valence electrons. The first-order valence-corrected chi connectivity index (χ1v) is 11.4. The second kappa shape index (κ2) is 7.33. The summed E-state index contributed by atoms with van der Waals surface area (Å²) >= 11 is 0. The Morgan fingerprint density at radius 3 is 2.00 bits per heavy atom. The van der Waals surface area contributed by atoms with Crippen molar-refractivity contribution in [1.82, 2.24) is 4.90 Å². The van der Waals surface area contributed by atoms with E-state index in [0.717, 1.165) is 68.9 Å². The molecule has 0 spiro atoms. The van der Waals surface area contributed by atoms with Crippen LogP contribution in [0.2, 0.25) is 0 Å². The third-order valence-electron chi connectivity index (χ3n) is 7.80. The van der Waals surface area contributed by atoms with Crippen molar-refractivity contribution in [3.63, 3.8) is 0 Å². The van der Waals surface area contributed by atoms with Gasteiger partial charge in [0.05, 0.1) is 17.6 Å². The van der Waals surface area contributed by atoms with Crippen LogP contribution in [0.5, 0.6) is 0 Å². The van der Waals surface area contributed by atoms with E-state index < -0.39 is 0 Å². The number of hydrogen-bond donors (Lipinski definition) is 0. The number of piperazine rings is 1. The Morgan fingerprint density at radius 2 is 1.48 bits per heavy atom. The SMILES string of the molecule is CCOC(=O)c1ccc(N2CCN(C(=O)C34CC5CC(CC(C5)C3)C4)CC2)cc1. The lowest BCUT2D eigenvalue weighted by Crippen LogP contribution is -2.58. The predicted octanol–water partition coefficient (Wildman–Crippen LogP) is 3.73. The van der Waals surface area contributed by atoms with Crippen LogP contribution in [0.1, 0.15) is 55.8 Å². The summed E-state index contributed by atoms with van der Waals surface area (Å²) in [5.41, 5.74) is 1.67. The molecule has 1 aromatic rings. The van der Waals surface area contributed by atoms with Crippen molar-refractivity contribution >= 4 is 17.6 Å². The molecule has 4 saturated carbocycles. The lowest BCUT2D eigenvalue weighted by atomic mass is 9.49. The molecule has 5 nitrogen and oxygen atoms in total. The molecule has 0 aromatic heterocycles. The molecule has 5 aliphatic rings. The van der Waals surface area contributed by atoms with Crippen LogP contribution < -0.4 is 4.90 Å². The normalized spacial score (nSPS) is 33.1. The molecule has 5 fully saturated rings. The Labute approximate surface area is 173 Å². The van der Waals surface area contributed by atoms with Gasteiger partial charge in [-0.15, -0.1) is 0 Å². The molecule has 5 heteroatoms. The third kappa shape index (κ3) is 3.43. The summed E-state index contributed by atoms with van der Waals surface area (Å²) in [6, 6.07) is 7.65. The number of rotatable bonds is 4. The predicted molar refractivity (Wildman–Crippen MR) is 112 cm³/mol. The number of hydrogen-bond acceptors (Lipinski definition) is 4. The van der Waals surface area contributed by atoms with Gasteiger partial charge in [-0.1, -0.05) is 0 Å². The molecule has 1 aromatic carbocycles. The number of amides is 1. The average Bonchev–Trinajstić information content (AvgIpc) is 2.73. The highest BCUT2D eigenvalue weighted by Crippen LogP contribution is 2.60. The molecule has 0 atom stereocenters. The summed E-state index contributed by atoms with van der Waals surface area (Å²) in [7, 11) is 0. The van der Waals surface area contributed by atoms with Crippen LogP contribution in [-0.4, -0.2) is 49.6 Å². The zero-order valence-electron chi connectivity index (χ0n) is 17.4. The van der Waals surface area contributed by atoms with E-state index in [2.05, 4.69) is 9.80 Å². The molecule has 0 radical (unpaired) electrons. The summed E-state index contributed by atoms with van der Waals surface area (Å²) in [4.78, 5) is 29.8. The fraction of sp³-hybridized carbons (Fsp3) is 0.667. The van der Waals surface area contributed by atoms with Gasteiger partial charge in [0.15, 0.2) is 0 Å². The number of esters is 1. The Balaban J connectivity index is 1.21. The molecule has 1 saturated heterocycles. The Kier molecular flexibility index (Phi) is 4.79. The topological polar surface area (TPSA) is 49.9 Å². The van der Waals surface area contributed by atoms with E-state index in [0.29, 0.717) is 18.1 Å². The maximum atomic E-state index is 13.5. The summed E-state index contributed by atoms with van der Waals surface area (Å²) in [5, 5.41) is 0. The minimum atomic E-state index is -0.273. The van der Waals surface area contributed by atoms with Crippen molar-refractivity contribution in [2.24, 2.45) is 23.2 Å². The summed E-state index contributed by atoms with van der Waals surface area (Å²) in [6.07, 6.45) is 7.57. The van der Waals surface area contributed by atoms with Gasteiger partial charge in [0.1, 0.15) is 0 Å². The fourth-order valence-corrected chi connectivity index (χ4v) is 6.90. The first kappa shape index (κ1) is 19.0. The molecule has 6 rings (SSSR count). The van der Waals surface area contributed by atoms with E-state index in [-0.39, 0.29) is 11.4 Å². The summed E-state index contributed by atoms with van der Waals surface area (Å²) in [6.45, 7) is 5.53. The Hall–Kier alpha value is -2.04. The van der Waals surface area contributed by atoms with Gasteiger partial charge < -0.3 is 14.5 Å². The zero-order valence-corrected chi connectivity index (χ0v) is 17.4.